The van der Waals surface area contributed by atoms with Gasteiger partial charge in [0.2, 0.25) is 0 Å². The third kappa shape index (κ3) is 4.11. The number of nitrogens with one attached hydrogen (secondary N) is 1. The molecule has 0 bridgehead atoms. The Morgan fingerprint density at radius 3 is 2.24 bits per heavy atom. The molecular weight excluding hydrogens is 368 g/mol. The first-order chi connectivity index (χ1) is 14.1. The van der Waals surface area contributed by atoms with Gasteiger partial charge >= 0.3 is 0 Å². The predicted molar refractivity (Wildman–Crippen MR) is 113 cm³/mol. The van der Waals surface area contributed by atoms with E-state index in [0.29, 0.717) is 22.9 Å². The van der Waals surface area contributed by atoms with Gasteiger partial charge in [-0.15, -0.1) is 0 Å². The fraction of sp³-hybridized carbons (Fsp3) is 0.565. The summed E-state index contributed by atoms with van der Waals surface area (Å²) in [6.45, 7) is 4.31. The summed E-state index contributed by atoms with van der Waals surface area (Å²) in [6.07, 6.45) is 8.94. The SMILES string of the molecule is CCc1c(NC(=O)c2c(OC)cccc2OC)noc1C1(CC)CCCCCC1. The minimum atomic E-state index is -0.319. The standard InChI is InChI=1S/C23H32N2O4/c1-5-16-20(23(6-2)14-9-7-8-10-15-23)29-25-21(16)24-22(26)19-17(27-3)12-11-13-18(19)28-4/h11-13H,5-10,14-15H2,1-4H3,(H,24,25,26). The second-order valence-corrected chi connectivity index (χ2v) is 7.73. The average Bonchev–Trinajstić information content (AvgIpc) is 3.00. The Morgan fingerprint density at radius 2 is 1.72 bits per heavy atom. The Bertz CT molecular complexity index is 813. The minimum Gasteiger partial charge on any atom is -0.496 e. The van der Waals surface area contributed by atoms with Crippen LogP contribution in [0.25, 0.3) is 0 Å². The van der Waals surface area contributed by atoms with Gasteiger partial charge in [-0.1, -0.05) is 50.8 Å². The monoisotopic (exact) mass is 400 g/mol. The highest BCUT2D eigenvalue weighted by molar-refractivity contribution is 6.08. The van der Waals surface area contributed by atoms with Crippen LogP contribution in [0, 0.1) is 0 Å². The molecule has 1 aliphatic rings. The van der Waals surface area contributed by atoms with E-state index in [0.717, 1.165) is 37.0 Å². The lowest BCUT2D eigenvalue weighted by Crippen LogP contribution is -2.25. The van der Waals surface area contributed by atoms with Crippen molar-refractivity contribution >= 4 is 11.7 Å². The first-order valence-electron chi connectivity index (χ1n) is 10.6. The van der Waals surface area contributed by atoms with Crippen molar-refractivity contribution < 1.29 is 18.8 Å². The zero-order valence-electron chi connectivity index (χ0n) is 18.0. The molecule has 1 amide bonds. The minimum absolute atomic E-state index is 0.0138. The fourth-order valence-electron chi connectivity index (χ4n) is 4.54. The summed E-state index contributed by atoms with van der Waals surface area (Å²) in [7, 11) is 3.07. The Hall–Kier alpha value is -2.50. The number of nitrogens with zero attached hydrogens (tertiary/aromatic N) is 1. The lowest BCUT2D eigenvalue weighted by molar-refractivity contribution is 0.102. The molecule has 6 nitrogen and oxygen atoms in total. The summed E-state index contributed by atoms with van der Waals surface area (Å²) in [6, 6.07) is 5.27. The molecule has 0 spiro atoms. The maximum absolute atomic E-state index is 13.1. The van der Waals surface area contributed by atoms with E-state index in [1.165, 1.54) is 39.9 Å². The van der Waals surface area contributed by atoms with Crippen molar-refractivity contribution in [2.75, 3.05) is 19.5 Å². The van der Waals surface area contributed by atoms with Crippen LogP contribution in [0.5, 0.6) is 11.5 Å². The molecule has 29 heavy (non-hydrogen) atoms. The molecule has 1 aromatic heterocycles. The molecule has 1 fully saturated rings. The van der Waals surface area contributed by atoms with Crippen molar-refractivity contribution in [1.82, 2.24) is 5.16 Å². The second kappa shape index (κ2) is 9.33. The predicted octanol–water partition coefficient (Wildman–Crippen LogP) is 5.51. The van der Waals surface area contributed by atoms with Gasteiger partial charge < -0.3 is 19.3 Å². The molecule has 1 aromatic carbocycles. The van der Waals surface area contributed by atoms with E-state index in [4.69, 9.17) is 14.0 Å². The van der Waals surface area contributed by atoms with E-state index < -0.39 is 0 Å². The first kappa shape index (κ1) is 21.2. The largest absolute Gasteiger partial charge is 0.496 e. The molecule has 1 saturated carbocycles. The van der Waals surface area contributed by atoms with Gasteiger partial charge in [-0.3, -0.25) is 4.79 Å². The van der Waals surface area contributed by atoms with Crippen LogP contribution in [0.4, 0.5) is 5.82 Å². The van der Waals surface area contributed by atoms with Crippen LogP contribution in [0.3, 0.4) is 0 Å². The number of amides is 1. The lowest BCUT2D eigenvalue weighted by atomic mass is 9.74. The van der Waals surface area contributed by atoms with E-state index in [9.17, 15) is 4.79 Å². The second-order valence-electron chi connectivity index (χ2n) is 7.73. The van der Waals surface area contributed by atoms with Crippen LogP contribution >= 0.6 is 0 Å². The molecule has 1 aliphatic carbocycles. The number of carbonyl (C=O) groups excluding carboxylic acids is 1. The number of benzene rings is 1. The molecule has 2 aromatic rings. The molecule has 158 valence electrons. The van der Waals surface area contributed by atoms with Crippen molar-refractivity contribution in [3.8, 4) is 11.5 Å². The molecule has 3 rings (SSSR count). The van der Waals surface area contributed by atoms with Crippen molar-refractivity contribution in [3.05, 3.63) is 35.1 Å². The Balaban J connectivity index is 1.95. The zero-order valence-corrected chi connectivity index (χ0v) is 18.0. The van der Waals surface area contributed by atoms with Gasteiger partial charge in [0.05, 0.1) is 14.2 Å². The fourth-order valence-corrected chi connectivity index (χ4v) is 4.54. The maximum Gasteiger partial charge on any atom is 0.264 e. The highest BCUT2D eigenvalue weighted by Gasteiger charge is 2.38. The van der Waals surface area contributed by atoms with Gasteiger partial charge in [0.1, 0.15) is 22.8 Å². The molecule has 6 heteroatoms. The molecule has 1 N–H and O–H groups in total. The van der Waals surface area contributed by atoms with Gasteiger partial charge in [-0.2, -0.15) is 0 Å². The number of anilines is 1. The first-order valence-corrected chi connectivity index (χ1v) is 10.6. The topological polar surface area (TPSA) is 73.6 Å². The summed E-state index contributed by atoms with van der Waals surface area (Å²) in [5.41, 5.74) is 1.36. The number of methoxy groups -OCH3 is 2. The van der Waals surface area contributed by atoms with E-state index in [2.05, 4.69) is 24.3 Å². The van der Waals surface area contributed by atoms with Crippen LogP contribution in [0.1, 0.15) is 80.5 Å². The Labute approximate surface area is 172 Å². The molecule has 0 atom stereocenters. The number of rotatable bonds is 7. The molecule has 1 heterocycles. The quantitative estimate of drug-likeness (QED) is 0.621. The third-order valence-electron chi connectivity index (χ3n) is 6.25. The Kier molecular flexibility index (Phi) is 6.83. The highest BCUT2D eigenvalue weighted by Crippen LogP contribution is 2.44. The number of aromatic nitrogens is 1. The third-order valence-corrected chi connectivity index (χ3v) is 6.25. The van der Waals surface area contributed by atoms with Gasteiger partial charge in [0.25, 0.3) is 5.91 Å². The number of carbonyl (C=O) groups is 1. The number of hydrogen-bond acceptors (Lipinski definition) is 5. The van der Waals surface area contributed by atoms with Crippen molar-refractivity contribution in [1.29, 1.82) is 0 Å². The number of hydrogen-bond donors (Lipinski definition) is 1. The number of ether oxygens (including phenoxy) is 2. The highest BCUT2D eigenvalue weighted by atomic mass is 16.5. The lowest BCUT2D eigenvalue weighted by Gasteiger charge is -2.29. The molecule has 0 unspecified atom stereocenters. The van der Waals surface area contributed by atoms with Crippen LogP contribution in [-0.4, -0.2) is 25.3 Å². The van der Waals surface area contributed by atoms with E-state index in [1.54, 1.807) is 18.2 Å². The van der Waals surface area contributed by atoms with Crippen molar-refractivity contribution in [2.45, 2.75) is 70.6 Å². The van der Waals surface area contributed by atoms with Gasteiger partial charge in [-0.25, -0.2) is 0 Å². The average molecular weight is 401 g/mol. The van der Waals surface area contributed by atoms with Crippen LogP contribution in [-0.2, 0) is 11.8 Å². The van der Waals surface area contributed by atoms with E-state index >= 15 is 0 Å². The molecule has 0 saturated heterocycles. The van der Waals surface area contributed by atoms with Crippen LogP contribution in [0.15, 0.2) is 22.7 Å². The summed E-state index contributed by atoms with van der Waals surface area (Å²) in [4.78, 5) is 13.1. The summed E-state index contributed by atoms with van der Waals surface area (Å²) in [5, 5.41) is 7.21. The maximum atomic E-state index is 13.1. The summed E-state index contributed by atoms with van der Waals surface area (Å²) >= 11 is 0. The smallest absolute Gasteiger partial charge is 0.264 e. The van der Waals surface area contributed by atoms with Crippen molar-refractivity contribution in [3.63, 3.8) is 0 Å². The van der Waals surface area contributed by atoms with Gasteiger partial charge in [0.15, 0.2) is 5.82 Å². The van der Waals surface area contributed by atoms with E-state index in [1.807, 2.05) is 0 Å². The van der Waals surface area contributed by atoms with Gasteiger partial charge in [-0.05, 0) is 37.8 Å². The summed E-state index contributed by atoms with van der Waals surface area (Å²) in [5.74, 6) is 2.04. The van der Waals surface area contributed by atoms with E-state index in [-0.39, 0.29) is 11.3 Å². The van der Waals surface area contributed by atoms with Crippen LogP contribution < -0.4 is 14.8 Å². The molecule has 0 aliphatic heterocycles. The molecular formula is C23H32N2O4. The van der Waals surface area contributed by atoms with Gasteiger partial charge in [0, 0.05) is 11.0 Å². The summed E-state index contributed by atoms with van der Waals surface area (Å²) < 4.78 is 16.6. The van der Waals surface area contributed by atoms with Crippen LogP contribution in [0.2, 0.25) is 0 Å². The zero-order chi connectivity index (χ0) is 20.9. The normalized spacial score (nSPS) is 16.1. The molecule has 0 radical (unpaired) electrons. The Morgan fingerprint density at radius 1 is 1.10 bits per heavy atom. The van der Waals surface area contributed by atoms with Crippen molar-refractivity contribution in [2.24, 2.45) is 0 Å².